The Labute approximate surface area is 350 Å². The van der Waals surface area contributed by atoms with E-state index in [2.05, 4.69) is 216 Å². The summed E-state index contributed by atoms with van der Waals surface area (Å²) < 4.78 is 0. The number of benzene rings is 6. The van der Waals surface area contributed by atoms with E-state index in [9.17, 15) is 0 Å². The molecule has 2 aliphatic carbocycles. The number of hydrogen-bond donors (Lipinski definition) is 0. The lowest BCUT2D eigenvalue weighted by atomic mass is 9.75. The zero-order valence-electron chi connectivity index (χ0n) is 37.5. The van der Waals surface area contributed by atoms with Crippen LogP contribution in [0.5, 0.6) is 0 Å². The van der Waals surface area contributed by atoms with Gasteiger partial charge in [0.15, 0.2) is 0 Å². The highest BCUT2D eigenvalue weighted by molar-refractivity contribution is 5.89. The molecule has 298 valence electrons. The Morgan fingerprint density at radius 3 is 1.17 bits per heavy atom. The minimum absolute atomic E-state index is 0.0920. The monoisotopic (exact) mass is 764 g/mol. The van der Waals surface area contributed by atoms with Crippen LogP contribution in [0, 0.1) is 17.8 Å². The van der Waals surface area contributed by atoms with E-state index in [-0.39, 0.29) is 10.8 Å². The second-order valence-electron chi connectivity index (χ2n) is 19.9. The molecular formula is C57H65N. The van der Waals surface area contributed by atoms with Crippen molar-refractivity contribution in [2.24, 2.45) is 17.8 Å². The van der Waals surface area contributed by atoms with E-state index in [4.69, 9.17) is 0 Å². The van der Waals surface area contributed by atoms with E-state index in [1.54, 1.807) is 0 Å². The van der Waals surface area contributed by atoms with Gasteiger partial charge >= 0.3 is 0 Å². The minimum Gasteiger partial charge on any atom is -0.310 e. The van der Waals surface area contributed by atoms with Gasteiger partial charge in [-0.05, 0) is 144 Å². The molecule has 0 aromatic heterocycles. The van der Waals surface area contributed by atoms with Crippen LogP contribution in [0.2, 0.25) is 0 Å². The lowest BCUT2D eigenvalue weighted by molar-refractivity contribution is 0.512. The van der Waals surface area contributed by atoms with Crippen molar-refractivity contribution >= 4 is 17.1 Å². The van der Waals surface area contributed by atoms with Crippen molar-refractivity contribution in [1.82, 2.24) is 0 Å². The fourth-order valence-corrected chi connectivity index (χ4v) is 10.0. The molecule has 0 radical (unpaired) electrons. The second kappa shape index (κ2) is 14.7. The minimum atomic E-state index is -0.0920. The van der Waals surface area contributed by atoms with Gasteiger partial charge in [-0.25, -0.2) is 0 Å². The van der Waals surface area contributed by atoms with Crippen molar-refractivity contribution in [2.45, 2.75) is 119 Å². The molecule has 0 heterocycles. The van der Waals surface area contributed by atoms with Crippen molar-refractivity contribution in [3.05, 3.63) is 160 Å². The Balaban J connectivity index is 1.31. The van der Waals surface area contributed by atoms with E-state index in [0.29, 0.717) is 35.5 Å². The first-order valence-electron chi connectivity index (χ1n) is 22.1. The maximum absolute atomic E-state index is 2.57. The Morgan fingerprint density at radius 2 is 0.759 bits per heavy atom. The average Bonchev–Trinajstić information content (AvgIpc) is 3.58. The highest BCUT2D eigenvalue weighted by Crippen LogP contribution is 2.53. The van der Waals surface area contributed by atoms with Crippen LogP contribution in [-0.2, 0) is 10.8 Å². The normalized spacial score (nSPS) is 16.2. The van der Waals surface area contributed by atoms with E-state index < -0.39 is 0 Å². The molecule has 0 N–H and O–H groups in total. The van der Waals surface area contributed by atoms with Gasteiger partial charge in [-0.1, -0.05) is 175 Å². The van der Waals surface area contributed by atoms with Crippen LogP contribution in [0.3, 0.4) is 0 Å². The maximum atomic E-state index is 2.57. The van der Waals surface area contributed by atoms with E-state index in [1.807, 2.05) is 0 Å². The molecule has 3 unspecified atom stereocenters. The predicted molar refractivity (Wildman–Crippen MR) is 251 cm³/mol. The quantitative estimate of drug-likeness (QED) is 0.134. The fraction of sp³-hybridized carbons (Fsp3) is 0.368. The molecule has 6 aromatic rings. The first-order valence-corrected chi connectivity index (χ1v) is 22.1. The molecule has 0 spiro atoms. The van der Waals surface area contributed by atoms with E-state index in [0.717, 1.165) is 0 Å². The lowest BCUT2D eigenvalue weighted by Crippen LogP contribution is -2.18. The lowest BCUT2D eigenvalue weighted by Gasteiger charge is -2.31. The summed E-state index contributed by atoms with van der Waals surface area (Å²) in [6, 6.07) is 47.0. The van der Waals surface area contributed by atoms with Crippen LogP contribution in [0.15, 0.2) is 121 Å². The topological polar surface area (TPSA) is 3.24 Å². The van der Waals surface area contributed by atoms with Crippen LogP contribution in [0.4, 0.5) is 17.1 Å². The molecule has 3 atom stereocenters. The molecule has 0 aliphatic heterocycles. The summed E-state index contributed by atoms with van der Waals surface area (Å²) in [6.45, 7) is 31.1. The summed E-state index contributed by atoms with van der Waals surface area (Å²) in [5, 5.41) is 0. The van der Waals surface area contributed by atoms with Gasteiger partial charge in [-0.15, -0.1) is 0 Å². The van der Waals surface area contributed by atoms with Gasteiger partial charge in [0.25, 0.3) is 0 Å². The number of nitrogens with zero attached hydrogens (tertiary/aromatic N) is 1. The predicted octanol–water partition coefficient (Wildman–Crippen LogP) is 16.7. The Morgan fingerprint density at radius 1 is 0.379 bits per heavy atom. The summed E-state index contributed by atoms with van der Waals surface area (Å²) in [5.74, 6) is 3.01. The highest BCUT2D eigenvalue weighted by atomic mass is 15.1. The smallest absolute Gasteiger partial charge is 0.0465 e. The summed E-state index contributed by atoms with van der Waals surface area (Å²) in [6.07, 6.45) is 0. The number of hydrogen-bond acceptors (Lipinski definition) is 1. The molecule has 58 heavy (non-hydrogen) atoms. The third-order valence-electron chi connectivity index (χ3n) is 14.8. The standard InChI is InChI=1S/C57H65N/c1-34(2)37(7)41-30-49(38(8)35(3)4)55(50(31-41)39(9)36(5)6)40-22-24-42(25-23-40)58(43-26-28-47-45-18-14-16-20-51(45)56(10,11)53(47)32-43)44-27-29-48-46-19-15-17-21-52(46)57(12,13)54(48)33-44/h14-39H,1-13H3. The van der Waals surface area contributed by atoms with Crippen molar-refractivity contribution in [1.29, 1.82) is 0 Å². The molecule has 0 bridgehead atoms. The summed E-state index contributed by atoms with van der Waals surface area (Å²) in [5.41, 5.74) is 21.6. The maximum Gasteiger partial charge on any atom is 0.0465 e. The highest BCUT2D eigenvalue weighted by Gasteiger charge is 2.38. The Hall–Kier alpha value is -4.88. The summed E-state index contributed by atoms with van der Waals surface area (Å²) in [7, 11) is 0. The molecule has 0 saturated heterocycles. The zero-order chi connectivity index (χ0) is 41.4. The summed E-state index contributed by atoms with van der Waals surface area (Å²) >= 11 is 0. The molecule has 1 heteroatoms. The van der Waals surface area contributed by atoms with Gasteiger partial charge in [0.1, 0.15) is 0 Å². The first-order chi connectivity index (χ1) is 27.5. The van der Waals surface area contributed by atoms with Gasteiger partial charge < -0.3 is 4.90 Å². The largest absolute Gasteiger partial charge is 0.310 e. The van der Waals surface area contributed by atoms with Gasteiger partial charge in [-0.2, -0.15) is 0 Å². The number of anilines is 3. The van der Waals surface area contributed by atoms with Crippen LogP contribution >= 0.6 is 0 Å². The van der Waals surface area contributed by atoms with E-state index in [1.165, 1.54) is 89.4 Å². The molecule has 8 rings (SSSR count). The fourth-order valence-electron chi connectivity index (χ4n) is 10.0. The third kappa shape index (κ3) is 6.45. The molecule has 2 aliphatic rings. The SMILES string of the molecule is CC(C)C(C)c1cc(C(C)C(C)C)c(-c2ccc(N(c3ccc4c(c3)C(C)(C)c3ccccc3-4)c3ccc4c(c3)C(C)(C)c3ccccc3-4)cc2)c(C(C)C(C)C)c1. The second-order valence-corrected chi connectivity index (χ2v) is 19.9. The van der Waals surface area contributed by atoms with E-state index >= 15 is 0 Å². The molecule has 0 fully saturated rings. The van der Waals surface area contributed by atoms with Crippen molar-refractivity contribution in [3.63, 3.8) is 0 Å². The Kier molecular flexibility index (Phi) is 10.1. The van der Waals surface area contributed by atoms with Crippen LogP contribution in [0.25, 0.3) is 33.4 Å². The molecular weight excluding hydrogens is 699 g/mol. The first kappa shape index (κ1) is 39.9. The molecule has 1 nitrogen and oxygen atoms in total. The summed E-state index contributed by atoms with van der Waals surface area (Å²) in [4.78, 5) is 2.51. The Bertz CT molecular complexity index is 2350. The van der Waals surface area contributed by atoms with Crippen LogP contribution in [-0.4, -0.2) is 0 Å². The van der Waals surface area contributed by atoms with Crippen LogP contribution < -0.4 is 4.90 Å². The average molecular weight is 764 g/mol. The van der Waals surface area contributed by atoms with Crippen LogP contribution in [0.1, 0.15) is 147 Å². The molecule has 0 saturated carbocycles. The van der Waals surface area contributed by atoms with Crippen molar-refractivity contribution < 1.29 is 0 Å². The van der Waals surface area contributed by atoms with Gasteiger partial charge in [-0.3, -0.25) is 0 Å². The van der Waals surface area contributed by atoms with Crippen molar-refractivity contribution in [2.75, 3.05) is 4.90 Å². The van der Waals surface area contributed by atoms with Crippen molar-refractivity contribution in [3.8, 4) is 33.4 Å². The van der Waals surface area contributed by atoms with Gasteiger partial charge in [0.2, 0.25) is 0 Å². The van der Waals surface area contributed by atoms with Gasteiger partial charge in [0.05, 0.1) is 0 Å². The number of rotatable bonds is 10. The van der Waals surface area contributed by atoms with Gasteiger partial charge in [0, 0.05) is 27.9 Å². The molecule has 0 amide bonds. The zero-order valence-corrected chi connectivity index (χ0v) is 37.5. The third-order valence-corrected chi connectivity index (χ3v) is 14.8. The molecule has 6 aromatic carbocycles. The number of fused-ring (bicyclic) bond motifs is 6.